The van der Waals surface area contributed by atoms with Crippen LogP contribution in [0, 0.1) is 5.82 Å². The van der Waals surface area contributed by atoms with E-state index in [9.17, 15) is 9.18 Å². The van der Waals surface area contributed by atoms with Gasteiger partial charge in [0.15, 0.2) is 5.78 Å². The van der Waals surface area contributed by atoms with Crippen LogP contribution < -0.4 is 4.74 Å². The lowest BCUT2D eigenvalue weighted by Gasteiger charge is -2.05. The Morgan fingerprint density at radius 2 is 2.00 bits per heavy atom. The van der Waals surface area contributed by atoms with Gasteiger partial charge in [0.1, 0.15) is 36.5 Å². The molecule has 0 saturated heterocycles. The molecule has 0 radical (unpaired) electrons. The molecular formula is C20H18FN3O3. The average Bonchev–Trinajstić information content (AvgIpc) is 3.21. The van der Waals surface area contributed by atoms with Crippen LogP contribution >= 0.6 is 0 Å². The van der Waals surface area contributed by atoms with Crippen molar-refractivity contribution in [2.75, 3.05) is 20.3 Å². The van der Waals surface area contributed by atoms with Crippen molar-refractivity contribution in [2.24, 2.45) is 0 Å². The van der Waals surface area contributed by atoms with E-state index in [2.05, 4.69) is 10.1 Å². The van der Waals surface area contributed by atoms with Gasteiger partial charge in [-0.15, -0.1) is 0 Å². The Morgan fingerprint density at radius 1 is 1.19 bits per heavy atom. The first-order chi connectivity index (χ1) is 13.2. The van der Waals surface area contributed by atoms with Crippen LogP contribution in [0.5, 0.6) is 5.75 Å². The molecule has 3 rings (SSSR count). The number of hydrogen-bond acceptors (Lipinski definition) is 5. The van der Waals surface area contributed by atoms with E-state index in [1.165, 1.54) is 29.5 Å². The Kier molecular flexibility index (Phi) is 6.06. The summed E-state index contributed by atoms with van der Waals surface area (Å²) in [6.07, 6.45) is 5.73. The molecule has 1 aromatic heterocycles. The molecule has 0 aliphatic carbocycles. The molecular weight excluding hydrogens is 349 g/mol. The van der Waals surface area contributed by atoms with Crippen molar-refractivity contribution in [1.82, 2.24) is 14.8 Å². The van der Waals surface area contributed by atoms with E-state index in [1.807, 2.05) is 0 Å². The van der Waals surface area contributed by atoms with Gasteiger partial charge in [-0.05, 0) is 48.0 Å². The Morgan fingerprint density at radius 3 is 2.67 bits per heavy atom. The maximum Gasteiger partial charge on any atom is 0.185 e. The first kappa shape index (κ1) is 18.5. The van der Waals surface area contributed by atoms with Gasteiger partial charge in [0.25, 0.3) is 0 Å². The number of carbonyl (C=O) groups is 1. The zero-order chi connectivity index (χ0) is 19.1. The Hall–Kier alpha value is -3.32. The van der Waals surface area contributed by atoms with Crippen LogP contribution in [0.2, 0.25) is 0 Å². The molecule has 0 fully saturated rings. The number of benzene rings is 2. The normalized spacial score (nSPS) is 11.0. The molecule has 6 nitrogen and oxygen atoms in total. The minimum atomic E-state index is -0.451. The molecule has 0 atom stereocenters. The second kappa shape index (κ2) is 8.86. The third-order valence-corrected chi connectivity index (χ3v) is 3.76. The van der Waals surface area contributed by atoms with E-state index in [-0.39, 0.29) is 5.78 Å². The maximum absolute atomic E-state index is 14.2. The zero-order valence-electron chi connectivity index (χ0n) is 14.7. The number of allylic oxidation sites excluding steroid dienone is 1. The molecule has 1 heterocycles. The summed E-state index contributed by atoms with van der Waals surface area (Å²) in [6, 6.07) is 11.4. The van der Waals surface area contributed by atoms with Crippen molar-refractivity contribution in [3.8, 4) is 11.4 Å². The van der Waals surface area contributed by atoms with Crippen molar-refractivity contribution in [3.63, 3.8) is 0 Å². The summed E-state index contributed by atoms with van der Waals surface area (Å²) in [5.74, 6) is 0.0326. The standard InChI is InChI=1S/C20H18FN3O3/c1-26-10-11-27-17-6-4-16(5-7-17)20(25)9-3-15-2-8-19(18(21)12-15)24-14-22-13-23-24/h2-9,12-14H,10-11H2,1H3/b9-3-. The molecule has 7 heteroatoms. The van der Waals surface area contributed by atoms with Crippen molar-refractivity contribution < 1.29 is 18.7 Å². The Labute approximate surface area is 155 Å². The molecule has 0 aliphatic heterocycles. The minimum Gasteiger partial charge on any atom is -0.491 e. The smallest absolute Gasteiger partial charge is 0.185 e. The molecule has 0 unspecified atom stereocenters. The van der Waals surface area contributed by atoms with Gasteiger partial charge in [-0.3, -0.25) is 4.79 Å². The molecule has 0 amide bonds. The van der Waals surface area contributed by atoms with E-state index >= 15 is 0 Å². The van der Waals surface area contributed by atoms with Crippen LogP contribution in [0.25, 0.3) is 11.8 Å². The highest BCUT2D eigenvalue weighted by Gasteiger charge is 2.06. The van der Waals surface area contributed by atoms with Gasteiger partial charge < -0.3 is 9.47 Å². The van der Waals surface area contributed by atoms with E-state index < -0.39 is 5.82 Å². The third-order valence-electron chi connectivity index (χ3n) is 3.76. The molecule has 0 N–H and O–H groups in total. The first-order valence-corrected chi connectivity index (χ1v) is 8.26. The quantitative estimate of drug-likeness (QED) is 0.347. The molecule has 2 aromatic carbocycles. The van der Waals surface area contributed by atoms with Gasteiger partial charge in [-0.2, -0.15) is 5.10 Å². The highest BCUT2D eigenvalue weighted by Crippen LogP contribution is 2.16. The van der Waals surface area contributed by atoms with Gasteiger partial charge >= 0.3 is 0 Å². The second-order valence-electron chi connectivity index (χ2n) is 5.61. The van der Waals surface area contributed by atoms with Crippen LogP contribution in [-0.2, 0) is 4.74 Å². The number of aromatic nitrogens is 3. The predicted octanol–water partition coefficient (Wildman–Crippen LogP) is 3.33. The lowest BCUT2D eigenvalue weighted by molar-refractivity contribution is 0.104. The summed E-state index contributed by atoms with van der Waals surface area (Å²) in [4.78, 5) is 16.1. The maximum atomic E-state index is 14.2. The van der Waals surface area contributed by atoms with E-state index in [1.54, 1.807) is 49.6 Å². The van der Waals surface area contributed by atoms with E-state index in [0.29, 0.717) is 35.8 Å². The monoisotopic (exact) mass is 367 g/mol. The summed E-state index contributed by atoms with van der Waals surface area (Å²) < 4.78 is 25.9. The minimum absolute atomic E-state index is 0.181. The number of halogens is 1. The number of hydrogen-bond donors (Lipinski definition) is 0. The second-order valence-corrected chi connectivity index (χ2v) is 5.61. The molecule has 138 valence electrons. The van der Waals surface area contributed by atoms with Gasteiger partial charge in [0.05, 0.1) is 6.61 Å². The highest BCUT2D eigenvalue weighted by molar-refractivity contribution is 6.06. The number of rotatable bonds is 8. The summed E-state index contributed by atoms with van der Waals surface area (Å²) in [6.45, 7) is 0.940. The summed E-state index contributed by atoms with van der Waals surface area (Å²) in [7, 11) is 1.60. The lowest BCUT2D eigenvalue weighted by atomic mass is 10.1. The molecule has 27 heavy (non-hydrogen) atoms. The molecule has 3 aromatic rings. The van der Waals surface area contributed by atoms with Crippen molar-refractivity contribution in [3.05, 3.63) is 78.1 Å². The SMILES string of the molecule is COCCOc1ccc(C(=O)/C=C\c2ccc(-n3cncn3)c(F)c2)cc1. The zero-order valence-corrected chi connectivity index (χ0v) is 14.7. The lowest BCUT2D eigenvalue weighted by Crippen LogP contribution is -2.04. The molecule has 0 saturated carbocycles. The number of ether oxygens (including phenoxy) is 2. The summed E-state index contributed by atoms with van der Waals surface area (Å²) in [5.41, 5.74) is 1.38. The van der Waals surface area contributed by atoms with Crippen molar-refractivity contribution in [2.45, 2.75) is 0 Å². The van der Waals surface area contributed by atoms with Crippen molar-refractivity contribution >= 4 is 11.9 Å². The van der Waals surface area contributed by atoms with Crippen LogP contribution in [0.3, 0.4) is 0 Å². The van der Waals surface area contributed by atoms with Gasteiger partial charge in [0.2, 0.25) is 0 Å². The highest BCUT2D eigenvalue weighted by atomic mass is 19.1. The van der Waals surface area contributed by atoms with E-state index in [0.717, 1.165) is 0 Å². The van der Waals surface area contributed by atoms with Crippen LogP contribution in [0.4, 0.5) is 4.39 Å². The fourth-order valence-corrected chi connectivity index (χ4v) is 2.37. The van der Waals surface area contributed by atoms with Gasteiger partial charge in [0, 0.05) is 12.7 Å². The fourth-order valence-electron chi connectivity index (χ4n) is 2.37. The predicted molar refractivity (Wildman–Crippen MR) is 98.5 cm³/mol. The van der Waals surface area contributed by atoms with Crippen LogP contribution in [0.15, 0.2) is 61.2 Å². The van der Waals surface area contributed by atoms with Crippen LogP contribution in [-0.4, -0.2) is 40.9 Å². The third kappa shape index (κ3) is 4.86. The Balaban J connectivity index is 1.65. The number of ketones is 1. The Bertz CT molecular complexity index is 922. The largest absolute Gasteiger partial charge is 0.491 e. The van der Waals surface area contributed by atoms with Crippen LogP contribution in [0.1, 0.15) is 15.9 Å². The molecule has 0 spiro atoms. The average molecular weight is 367 g/mol. The van der Waals surface area contributed by atoms with Gasteiger partial charge in [-0.25, -0.2) is 14.1 Å². The van der Waals surface area contributed by atoms with Gasteiger partial charge in [-0.1, -0.05) is 12.1 Å². The van der Waals surface area contributed by atoms with E-state index in [4.69, 9.17) is 9.47 Å². The topological polar surface area (TPSA) is 66.2 Å². The first-order valence-electron chi connectivity index (χ1n) is 8.26. The molecule has 0 aliphatic rings. The number of methoxy groups -OCH3 is 1. The molecule has 0 bridgehead atoms. The van der Waals surface area contributed by atoms with Crippen molar-refractivity contribution in [1.29, 1.82) is 0 Å². The fraction of sp³-hybridized carbons (Fsp3) is 0.150. The number of nitrogens with zero attached hydrogens (tertiary/aromatic N) is 3. The number of carbonyl (C=O) groups excluding carboxylic acids is 1. The summed E-state index contributed by atoms with van der Waals surface area (Å²) in [5, 5.41) is 3.90. The summed E-state index contributed by atoms with van der Waals surface area (Å²) >= 11 is 0.